The van der Waals surface area contributed by atoms with Crippen molar-refractivity contribution in [3.63, 3.8) is 0 Å². The van der Waals surface area contributed by atoms with Gasteiger partial charge >= 0.3 is 0 Å². The van der Waals surface area contributed by atoms with Crippen LogP contribution in [-0.4, -0.2) is 11.3 Å². The average Bonchev–Trinajstić information content (AvgIpc) is 2.92. The molecule has 0 N–H and O–H groups in total. The summed E-state index contributed by atoms with van der Waals surface area (Å²) in [6, 6.07) is 20.3. The summed E-state index contributed by atoms with van der Waals surface area (Å²) in [7, 11) is 0. The van der Waals surface area contributed by atoms with E-state index in [1.807, 2.05) is 12.1 Å². The Balaban J connectivity index is 1.94. The van der Waals surface area contributed by atoms with Crippen molar-refractivity contribution in [1.29, 1.82) is 0 Å². The predicted molar refractivity (Wildman–Crippen MR) is 87.9 cm³/mol. The zero-order valence-corrected chi connectivity index (χ0v) is 11.9. The first kappa shape index (κ1) is 12.2. The number of benzene rings is 2. The van der Waals surface area contributed by atoms with Crippen molar-refractivity contribution in [3.8, 4) is 11.3 Å². The number of hydrogen-bond donors (Lipinski definition) is 0. The third kappa shape index (κ3) is 2.03. The van der Waals surface area contributed by atoms with Crippen LogP contribution in [0.2, 0.25) is 0 Å². The Morgan fingerprint density at radius 3 is 2.62 bits per heavy atom. The van der Waals surface area contributed by atoms with Crippen LogP contribution in [0.25, 0.3) is 31.4 Å². The molecule has 0 saturated heterocycles. The van der Waals surface area contributed by atoms with Gasteiger partial charge in [0.15, 0.2) is 6.29 Å². The third-order valence-corrected chi connectivity index (χ3v) is 4.70. The number of aldehydes is 1. The second-order valence-electron chi connectivity index (χ2n) is 4.87. The highest BCUT2D eigenvalue weighted by Gasteiger charge is 2.07. The Kier molecular flexibility index (Phi) is 2.79. The number of nitrogens with zero attached hydrogens (tertiary/aromatic N) is 1. The molecule has 2 aromatic heterocycles. The van der Waals surface area contributed by atoms with E-state index in [0.717, 1.165) is 17.5 Å². The van der Waals surface area contributed by atoms with Gasteiger partial charge in [-0.25, -0.2) is 4.98 Å². The summed E-state index contributed by atoms with van der Waals surface area (Å²) >= 11 is 1.78. The zero-order chi connectivity index (χ0) is 14.2. The van der Waals surface area contributed by atoms with Crippen LogP contribution in [0.15, 0.2) is 60.7 Å². The fourth-order valence-corrected chi connectivity index (χ4v) is 3.71. The number of carbonyl (C=O) groups excluding carboxylic acids is 1. The second kappa shape index (κ2) is 4.79. The smallest absolute Gasteiger partial charge is 0.168 e. The summed E-state index contributed by atoms with van der Waals surface area (Å²) in [4.78, 5) is 15.2. The Morgan fingerprint density at radius 2 is 1.71 bits per heavy atom. The average molecular weight is 289 g/mol. The lowest BCUT2D eigenvalue weighted by Gasteiger charge is -2.01. The molecule has 0 aliphatic carbocycles. The Morgan fingerprint density at radius 1 is 0.857 bits per heavy atom. The maximum Gasteiger partial charge on any atom is 0.168 e. The molecule has 0 aliphatic rings. The van der Waals surface area contributed by atoms with Crippen LogP contribution >= 0.6 is 11.3 Å². The van der Waals surface area contributed by atoms with Gasteiger partial charge < -0.3 is 0 Å². The fourth-order valence-electron chi connectivity index (χ4n) is 2.56. The normalized spacial score (nSPS) is 11.0. The van der Waals surface area contributed by atoms with Gasteiger partial charge in [-0.15, -0.1) is 11.3 Å². The fraction of sp³-hybridized carbons (Fsp3) is 0. The van der Waals surface area contributed by atoms with Crippen LogP contribution in [0, 0.1) is 0 Å². The third-order valence-electron chi connectivity index (χ3n) is 3.57. The molecule has 0 spiro atoms. The molecule has 0 unspecified atom stereocenters. The van der Waals surface area contributed by atoms with E-state index >= 15 is 0 Å². The van der Waals surface area contributed by atoms with E-state index in [9.17, 15) is 4.79 Å². The van der Waals surface area contributed by atoms with Gasteiger partial charge in [0.05, 0.1) is 5.69 Å². The van der Waals surface area contributed by atoms with Crippen molar-refractivity contribution in [3.05, 3.63) is 66.4 Å². The lowest BCUT2D eigenvalue weighted by atomic mass is 10.1. The van der Waals surface area contributed by atoms with Crippen LogP contribution in [-0.2, 0) is 0 Å². The van der Waals surface area contributed by atoms with Crippen LogP contribution < -0.4 is 0 Å². The predicted octanol–water partition coefficient (Wildman–Crippen LogP) is 4.93. The summed E-state index contributed by atoms with van der Waals surface area (Å²) < 4.78 is 2.53. The molecule has 0 aliphatic heterocycles. The van der Waals surface area contributed by atoms with E-state index in [4.69, 9.17) is 0 Å². The lowest BCUT2D eigenvalue weighted by molar-refractivity contribution is 0.111. The standard InChI is InChI=1S/C18H11NOS/c20-11-13-4-3-6-16(19-13)12-8-9-15-14-5-1-2-7-17(14)21-18(15)10-12/h1-11H. The van der Waals surface area contributed by atoms with E-state index in [1.165, 1.54) is 20.2 Å². The highest BCUT2D eigenvalue weighted by molar-refractivity contribution is 7.25. The van der Waals surface area contributed by atoms with Crippen molar-refractivity contribution >= 4 is 37.8 Å². The number of thiophene rings is 1. The zero-order valence-electron chi connectivity index (χ0n) is 11.1. The molecule has 0 atom stereocenters. The SMILES string of the molecule is O=Cc1cccc(-c2ccc3c(c2)sc2ccccc23)n1. The van der Waals surface area contributed by atoms with Crippen LogP contribution in [0.5, 0.6) is 0 Å². The minimum atomic E-state index is 0.462. The molecular weight excluding hydrogens is 278 g/mol. The Hall–Kier alpha value is -2.52. The number of fused-ring (bicyclic) bond motifs is 3. The van der Waals surface area contributed by atoms with Crippen molar-refractivity contribution in [2.75, 3.05) is 0 Å². The molecule has 100 valence electrons. The number of carbonyl (C=O) groups is 1. The minimum Gasteiger partial charge on any atom is -0.296 e. The molecule has 0 bridgehead atoms. The summed E-state index contributed by atoms with van der Waals surface area (Å²) in [5.74, 6) is 0. The first-order chi connectivity index (χ1) is 10.3. The van der Waals surface area contributed by atoms with Gasteiger partial charge in [0.1, 0.15) is 5.69 Å². The summed E-state index contributed by atoms with van der Waals surface area (Å²) in [5, 5.41) is 2.56. The molecule has 0 saturated carbocycles. The van der Waals surface area contributed by atoms with Gasteiger partial charge in [-0.05, 0) is 24.3 Å². The van der Waals surface area contributed by atoms with Crippen molar-refractivity contribution < 1.29 is 4.79 Å². The summed E-state index contributed by atoms with van der Waals surface area (Å²) in [6.45, 7) is 0. The van der Waals surface area contributed by atoms with Crippen LogP contribution in [0.4, 0.5) is 0 Å². The maximum atomic E-state index is 10.9. The quantitative estimate of drug-likeness (QED) is 0.490. The lowest BCUT2D eigenvalue weighted by Crippen LogP contribution is -1.89. The molecule has 4 rings (SSSR count). The summed E-state index contributed by atoms with van der Waals surface area (Å²) in [5.41, 5.74) is 2.33. The highest BCUT2D eigenvalue weighted by Crippen LogP contribution is 2.35. The second-order valence-corrected chi connectivity index (χ2v) is 5.96. The van der Waals surface area contributed by atoms with Crippen molar-refractivity contribution in [1.82, 2.24) is 4.98 Å². The molecular formula is C18H11NOS. The van der Waals surface area contributed by atoms with Crippen molar-refractivity contribution in [2.45, 2.75) is 0 Å². The molecule has 2 aromatic carbocycles. The van der Waals surface area contributed by atoms with Crippen LogP contribution in [0.3, 0.4) is 0 Å². The Bertz CT molecular complexity index is 971. The van der Waals surface area contributed by atoms with Gasteiger partial charge in [-0.1, -0.05) is 36.4 Å². The number of aromatic nitrogens is 1. The molecule has 0 radical (unpaired) electrons. The molecule has 2 nitrogen and oxygen atoms in total. The first-order valence-corrected chi connectivity index (χ1v) is 7.51. The maximum absolute atomic E-state index is 10.9. The van der Waals surface area contributed by atoms with Gasteiger partial charge in [-0.2, -0.15) is 0 Å². The van der Waals surface area contributed by atoms with E-state index in [-0.39, 0.29) is 0 Å². The van der Waals surface area contributed by atoms with E-state index in [1.54, 1.807) is 17.4 Å². The monoisotopic (exact) mass is 289 g/mol. The van der Waals surface area contributed by atoms with E-state index in [0.29, 0.717) is 5.69 Å². The highest BCUT2D eigenvalue weighted by atomic mass is 32.1. The van der Waals surface area contributed by atoms with Gasteiger partial charge in [0, 0.05) is 25.7 Å². The topological polar surface area (TPSA) is 30.0 Å². The molecule has 2 heterocycles. The molecule has 0 fully saturated rings. The van der Waals surface area contributed by atoms with Crippen molar-refractivity contribution in [2.24, 2.45) is 0 Å². The van der Waals surface area contributed by atoms with E-state index in [2.05, 4.69) is 47.4 Å². The number of rotatable bonds is 2. The van der Waals surface area contributed by atoms with Gasteiger partial charge in [0.25, 0.3) is 0 Å². The van der Waals surface area contributed by atoms with Crippen LogP contribution in [0.1, 0.15) is 10.5 Å². The molecule has 3 heteroatoms. The molecule has 0 amide bonds. The molecule has 4 aromatic rings. The van der Waals surface area contributed by atoms with Gasteiger partial charge in [0.2, 0.25) is 0 Å². The van der Waals surface area contributed by atoms with E-state index < -0.39 is 0 Å². The van der Waals surface area contributed by atoms with Gasteiger partial charge in [-0.3, -0.25) is 4.79 Å². The summed E-state index contributed by atoms with van der Waals surface area (Å²) in [6.07, 6.45) is 0.779. The number of hydrogen-bond acceptors (Lipinski definition) is 3. The Labute approximate surface area is 125 Å². The number of pyridine rings is 1. The largest absolute Gasteiger partial charge is 0.296 e. The molecule has 21 heavy (non-hydrogen) atoms. The minimum absolute atomic E-state index is 0.462. The first-order valence-electron chi connectivity index (χ1n) is 6.69.